The van der Waals surface area contributed by atoms with E-state index in [1.165, 1.54) is 24.8 Å². The third-order valence-electron chi connectivity index (χ3n) is 5.63. The highest BCUT2D eigenvalue weighted by Gasteiger charge is 2.26. The zero-order chi connectivity index (χ0) is 19.1. The predicted molar refractivity (Wildman–Crippen MR) is 110 cm³/mol. The highest BCUT2D eigenvalue weighted by molar-refractivity contribution is 5.95. The molecule has 0 aromatic heterocycles. The normalized spacial score (nSPS) is 16.7. The molecule has 0 unspecified atom stereocenters. The van der Waals surface area contributed by atoms with Crippen LogP contribution in [0.3, 0.4) is 0 Å². The van der Waals surface area contributed by atoms with Gasteiger partial charge in [-0.2, -0.15) is 0 Å². The Bertz CT molecular complexity index is 724. The molecule has 144 valence electrons. The Morgan fingerprint density at radius 1 is 1.11 bits per heavy atom. The van der Waals surface area contributed by atoms with Crippen molar-refractivity contribution in [3.05, 3.63) is 60.2 Å². The van der Waals surface area contributed by atoms with Gasteiger partial charge < -0.3 is 10.1 Å². The van der Waals surface area contributed by atoms with Crippen LogP contribution in [0.5, 0.6) is 5.75 Å². The molecule has 0 saturated carbocycles. The Morgan fingerprint density at radius 2 is 1.78 bits per heavy atom. The Labute approximate surface area is 162 Å². The summed E-state index contributed by atoms with van der Waals surface area (Å²) in [5, 5.41) is 3.01. The lowest BCUT2D eigenvalue weighted by molar-refractivity contribution is -0.121. The van der Waals surface area contributed by atoms with Gasteiger partial charge in [0.2, 0.25) is 5.91 Å². The summed E-state index contributed by atoms with van der Waals surface area (Å²) in [6, 6.07) is 18.1. The van der Waals surface area contributed by atoms with Crippen molar-refractivity contribution in [3.63, 3.8) is 0 Å². The first-order valence-corrected chi connectivity index (χ1v) is 9.89. The van der Waals surface area contributed by atoms with Crippen molar-refractivity contribution in [3.8, 4) is 5.75 Å². The minimum Gasteiger partial charge on any atom is -0.495 e. The van der Waals surface area contributed by atoms with E-state index in [2.05, 4.69) is 40.5 Å². The van der Waals surface area contributed by atoms with Gasteiger partial charge in [-0.3, -0.25) is 9.69 Å². The number of anilines is 1. The summed E-state index contributed by atoms with van der Waals surface area (Å²) in [6.45, 7) is 3.97. The van der Waals surface area contributed by atoms with E-state index < -0.39 is 0 Å². The van der Waals surface area contributed by atoms with Crippen molar-refractivity contribution in [2.75, 3.05) is 25.5 Å². The smallest absolute Gasteiger partial charge is 0.241 e. The standard InChI is InChI=1S/C23H30N2O2/c1-18(23(26)24-21-10-6-7-11-22(21)27-2)25-16-14-20(15-17-25)13-12-19-8-4-3-5-9-19/h3-11,18,20H,12-17H2,1-2H3,(H,24,26)/t18-/m0/s1. The van der Waals surface area contributed by atoms with E-state index in [-0.39, 0.29) is 11.9 Å². The lowest BCUT2D eigenvalue weighted by Crippen LogP contribution is -2.46. The van der Waals surface area contributed by atoms with Gasteiger partial charge in [0.25, 0.3) is 0 Å². The Morgan fingerprint density at radius 3 is 2.48 bits per heavy atom. The lowest BCUT2D eigenvalue weighted by atomic mass is 9.90. The first-order chi connectivity index (χ1) is 13.2. The number of nitrogens with one attached hydrogen (secondary N) is 1. The van der Waals surface area contributed by atoms with Crippen LogP contribution in [0.1, 0.15) is 31.7 Å². The van der Waals surface area contributed by atoms with Gasteiger partial charge in [0, 0.05) is 0 Å². The van der Waals surface area contributed by atoms with Crippen LogP contribution in [0.15, 0.2) is 54.6 Å². The van der Waals surface area contributed by atoms with Gasteiger partial charge >= 0.3 is 0 Å². The minimum absolute atomic E-state index is 0.0298. The number of piperidine rings is 1. The second-order valence-corrected chi connectivity index (χ2v) is 7.37. The Hall–Kier alpha value is -2.33. The summed E-state index contributed by atoms with van der Waals surface area (Å²) in [5.41, 5.74) is 2.15. The van der Waals surface area contributed by atoms with Crippen LogP contribution in [0.25, 0.3) is 0 Å². The van der Waals surface area contributed by atoms with Gasteiger partial charge in [-0.15, -0.1) is 0 Å². The number of methoxy groups -OCH3 is 1. The summed E-state index contributed by atoms with van der Waals surface area (Å²) in [5.74, 6) is 1.48. The first kappa shape index (κ1) is 19.4. The van der Waals surface area contributed by atoms with E-state index in [4.69, 9.17) is 4.74 Å². The van der Waals surface area contributed by atoms with Crippen LogP contribution in [-0.4, -0.2) is 37.0 Å². The van der Waals surface area contributed by atoms with Gasteiger partial charge in [-0.25, -0.2) is 0 Å². The van der Waals surface area contributed by atoms with Crippen molar-refractivity contribution < 1.29 is 9.53 Å². The quantitative estimate of drug-likeness (QED) is 0.791. The fourth-order valence-corrected chi connectivity index (χ4v) is 3.80. The topological polar surface area (TPSA) is 41.6 Å². The van der Waals surface area contributed by atoms with E-state index >= 15 is 0 Å². The van der Waals surface area contributed by atoms with Crippen LogP contribution >= 0.6 is 0 Å². The summed E-state index contributed by atoms with van der Waals surface area (Å²) in [4.78, 5) is 15.0. The van der Waals surface area contributed by atoms with Gasteiger partial charge in [0.1, 0.15) is 5.75 Å². The molecule has 2 aromatic rings. The number of para-hydroxylation sites is 2. The molecule has 0 radical (unpaired) electrons. The molecule has 1 fully saturated rings. The molecule has 1 heterocycles. The number of rotatable bonds is 7. The molecular formula is C23H30N2O2. The molecule has 0 bridgehead atoms. The molecule has 2 aromatic carbocycles. The highest BCUT2D eigenvalue weighted by atomic mass is 16.5. The van der Waals surface area contributed by atoms with E-state index in [9.17, 15) is 4.79 Å². The van der Waals surface area contributed by atoms with E-state index in [0.717, 1.165) is 31.1 Å². The van der Waals surface area contributed by atoms with Crippen LogP contribution in [0.4, 0.5) is 5.69 Å². The van der Waals surface area contributed by atoms with E-state index in [0.29, 0.717) is 5.75 Å². The third-order valence-corrected chi connectivity index (χ3v) is 5.63. The highest BCUT2D eigenvalue weighted by Crippen LogP contribution is 2.26. The monoisotopic (exact) mass is 366 g/mol. The van der Waals surface area contributed by atoms with Gasteiger partial charge in [0.05, 0.1) is 18.8 Å². The van der Waals surface area contributed by atoms with Crippen LogP contribution in [0.2, 0.25) is 0 Å². The Balaban J connectivity index is 1.46. The number of hydrogen-bond donors (Lipinski definition) is 1. The minimum atomic E-state index is -0.134. The fraction of sp³-hybridized carbons (Fsp3) is 0.435. The zero-order valence-corrected chi connectivity index (χ0v) is 16.4. The SMILES string of the molecule is COc1ccccc1NC(=O)[C@H](C)N1CCC(CCc2ccccc2)CC1. The molecule has 1 atom stereocenters. The second kappa shape index (κ2) is 9.56. The van der Waals surface area contributed by atoms with Gasteiger partial charge in [-0.1, -0.05) is 42.5 Å². The van der Waals surface area contributed by atoms with Crippen molar-refractivity contribution in [1.29, 1.82) is 0 Å². The molecule has 27 heavy (non-hydrogen) atoms. The van der Waals surface area contributed by atoms with Crippen molar-refractivity contribution in [2.45, 2.75) is 38.6 Å². The van der Waals surface area contributed by atoms with Crippen molar-refractivity contribution in [1.82, 2.24) is 4.90 Å². The number of amides is 1. The molecule has 1 saturated heterocycles. The van der Waals surface area contributed by atoms with Crippen LogP contribution in [-0.2, 0) is 11.2 Å². The molecule has 1 aliphatic heterocycles. The number of hydrogen-bond acceptors (Lipinski definition) is 3. The van der Waals surface area contributed by atoms with E-state index in [1.54, 1.807) is 7.11 Å². The van der Waals surface area contributed by atoms with Crippen LogP contribution < -0.4 is 10.1 Å². The number of ether oxygens (including phenoxy) is 1. The molecule has 4 heteroatoms. The van der Waals surface area contributed by atoms with Crippen LogP contribution in [0, 0.1) is 5.92 Å². The first-order valence-electron chi connectivity index (χ1n) is 9.89. The van der Waals surface area contributed by atoms with Crippen molar-refractivity contribution >= 4 is 11.6 Å². The van der Waals surface area contributed by atoms with Crippen molar-refractivity contribution in [2.24, 2.45) is 5.92 Å². The maximum absolute atomic E-state index is 12.7. The van der Waals surface area contributed by atoms with E-state index in [1.807, 2.05) is 31.2 Å². The number of benzene rings is 2. The zero-order valence-electron chi connectivity index (χ0n) is 16.4. The Kier molecular flexibility index (Phi) is 6.88. The molecule has 0 aliphatic carbocycles. The number of likely N-dealkylation sites (tertiary alicyclic amines) is 1. The molecule has 4 nitrogen and oxygen atoms in total. The number of nitrogens with zero attached hydrogens (tertiary/aromatic N) is 1. The second-order valence-electron chi connectivity index (χ2n) is 7.37. The predicted octanol–water partition coefficient (Wildman–Crippen LogP) is 4.37. The summed E-state index contributed by atoms with van der Waals surface area (Å²) in [7, 11) is 1.62. The molecule has 1 N–H and O–H groups in total. The lowest BCUT2D eigenvalue weighted by Gasteiger charge is -2.35. The average molecular weight is 367 g/mol. The summed E-state index contributed by atoms with van der Waals surface area (Å²) >= 11 is 0. The molecule has 1 amide bonds. The molecular weight excluding hydrogens is 336 g/mol. The average Bonchev–Trinajstić information content (AvgIpc) is 2.73. The third kappa shape index (κ3) is 5.33. The molecule has 0 spiro atoms. The van der Waals surface area contributed by atoms with Gasteiger partial charge in [0.15, 0.2) is 0 Å². The van der Waals surface area contributed by atoms with Gasteiger partial charge in [-0.05, 0) is 69.3 Å². The fourth-order valence-electron chi connectivity index (χ4n) is 3.80. The molecule has 3 rings (SSSR count). The summed E-state index contributed by atoms with van der Waals surface area (Å²) in [6.07, 6.45) is 4.72. The largest absolute Gasteiger partial charge is 0.495 e. The summed E-state index contributed by atoms with van der Waals surface area (Å²) < 4.78 is 5.32. The maximum atomic E-state index is 12.7. The number of carbonyl (C=O) groups excluding carboxylic acids is 1. The maximum Gasteiger partial charge on any atom is 0.241 e. The molecule has 1 aliphatic rings. The number of aryl methyl sites for hydroxylation is 1. The number of carbonyl (C=O) groups is 1.